The molecule has 122 valence electrons. The third kappa shape index (κ3) is 4.20. The van der Waals surface area contributed by atoms with Crippen LogP contribution in [-0.4, -0.2) is 35.7 Å². The molecule has 1 amide bonds. The molecule has 1 saturated heterocycles. The molecule has 1 aliphatic heterocycles. The second-order valence-corrected chi connectivity index (χ2v) is 6.06. The van der Waals surface area contributed by atoms with Crippen LogP contribution in [0.4, 0.5) is 0 Å². The molecular weight excluding hydrogens is 292 g/mol. The molecule has 2 aromatic rings. The van der Waals surface area contributed by atoms with E-state index in [1.165, 1.54) is 0 Å². The lowest BCUT2D eigenvalue weighted by Crippen LogP contribution is -2.36. The highest BCUT2D eigenvalue weighted by atomic mass is 16.5. The monoisotopic (exact) mass is 314 g/mol. The van der Waals surface area contributed by atoms with Crippen LogP contribution >= 0.6 is 0 Å². The summed E-state index contributed by atoms with van der Waals surface area (Å²) in [6.45, 7) is 4.67. The SMILES string of the molecule is Cc1cc(C(=O)N(Cc2ccccc2)CC2CCOCC2)on1. The van der Waals surface area contributed by atoms with E-state index in [1.807, 2.05) is 42.2 Å². The Morgan fingerprint density at radius 3 is 2.65 bits per heavy atom. The normalized spacial score (nSPS) is 15.5. The minimum atomic E-state index is -0.0963. The highest BCUT2D eigenvalue weighted by Gasteiger charge is 2.24. The number of ether oxygens (including phenoxy) is 1. The molecule has 0 aliphatic carbocycles. The van der Waals surface area contributed by atoms with Gasteiger partial charge in [-0.05, 0) is 31.2 Å². The number of amides is 1. The maximum atomic E-state index is 12.8. The van der Waals surface area contributed by atoms with Crippen LogP contribution in [0.5, 0.6) is 0 Å². The molecule has 0 spiro atoms. The molecule has 1 aromatic heterocycles. The largest absolute Gasteiger partial charge is 0.381 e. The first-order chi connectivity index (χ1) is 11.2. The third-order valence-corrected chi connectivity index (χ3v) is 4.16. The first-order valence-corrected chi connectivity index (χ1v) is 8.06. The van der Waals surface area contributed by atoms with E-state index >= 15 is 0 Å². The molecule has 1 fully saturated rings. The average Bonchev–Trinajstić information content (AvgIpc) is 3.02. The standard InChI is InChI=1S/C18H22N2O3/c1-14-11-17(23-19-14)18(21)20(12-15-5-3-2-4-6-15)13-16-7-9-22-10-8-16/h2-6,11,16H,7-10,12-13H2,1H3. The minimum Gasteiger partial charge on any atom is -0.381 e. The Balaban J connectivity index is 1.75. The minimum absolute atomic E-state index is 0.0963. The van der Waals surface area contributed by atoms with Crippen molar-refractivity contribution in [2.45, 2.75) is 26.3 Å². The van der Waals surface area contributed by atoms with Crippen molar-refractivity contribution < 1.29 is 14.1 Å². The molecule has 0 N–H and O–H groups in total. The number of benzene rings is 1. The lowest BCUT2D eigenvalue weighted by Gasteiger charge is -2.29. The molecule has 3 rings (SSSR count). The summed E-state index contributed by atoms with van der Waals surface area (Å²) in [7, 11) is 0. The highest BCUT2D eigenvalue weighted by Crippen LogP contribution is 2.19. The number of aryl methyl sites for hydroxylation is 1. The van der Waals surface area contributed by atoms with E-state index in [9.17, 15) is 4.79 Å². The van der Waals surface area contributed by atoms with Crippen LogP contribution in [0.2, 0.25) is 0 Å². The first-order valence-electron chi connectivity index (χ1n) is 8.06. The molecule has 1 aliphatic rings. The summed E-state index contributed by atoms with van der Waals surface area (Å²) in [5, 5.41) is 3.83. The molecule has 23 heavy (non-hydrogen) atoms. The van der Waals surface area contributed by atoms with E-state index in [0.29, 0.717) is 18.2 Å². The van der Waals surface area contributed by atoms with Crippen LogP contribution in [-0.2, 0) is 11.3 Å². The summed E-state index contributed by atoms with van der Waals surface area (Å²) in [4.78, 5) is 14.7. The van der Waals surface area contributed by atoms with Gasteiger partial charge in [0.15, 0.2) is 0 Å². The van der Waals surface area contributed by atoms with Gasteiger partial charge in [-0.1, -0.05) is 35.5 Å². The zero-order chi connectivity index (χ0) is 16.1. The smallest absolute Gasteiger partial charge is 0.292 e. The van der Waals surface area contributed by atoms with Crippen molar-refractivity contribution in [2.75, 3.05) is 19.8 Å². The van der Waals surface area contributed by atoms with Crippen LogP contribution in [0, 0.1) is 12.8 Å². The molecule has 0 bridgehead atoms. The number of carbonyl (C=O) groups is 1. The zero-order valence-electron chi connectivity index (χ0n) is 13.4. The third-order valence-electron chi connectivity index (χ3n) is 4.16. The van der Waals surface area contributed by atoms with Gasteiger partial charge in [-0.15, -0.1) is 0 Å². The van der Waals surface area contributed by atoms with Gasteiger partial charge in [-0.3, -0.25) is 4.79 Å². The molecule has 1 aromatic carbocycles. The number of hydrogen-bond donors (Lipinski definition) is 0. The van der Waals surface area contributed by atoms with Crippen molar-refractivity contribution in [1.82, 2.24) is 10.1 Å². The van der Waals surface area contributed by atoms with Gasteiger partial charge in [0.2, 0.25) is 5.76 Å². The molecule has 0 saturated carbocycles. The van der Waals surface area contributed by atoms with E-state index in [4.69, 9.17) is 9.26 Å². The van der Waals surface area contributed by atoms with Gasteiger partial charge in [0.05, 0.1) is 5.69 Å². The Hall–Kier alpha value is -2.14. The zero-order valence-corrected chi connectivity index (χ0v) is 13.4. The summed E-state index contributed by atoms with van der Waals surface area (Å²) in [6, 6.07) is 11.7. The fourth-order valence-electron chi connectivity index (χ4n) is 2.88. The average molecular weight is 314 g/mol. The molecule has 0 atom stereocenters. The van der Waals surface area contributed by atoms with Gasteiger partial charge < -0.3 is 14.2 Å². The number of rotatable bonds is 5. The first kappa shape index (κ1) is 15.7. The van der Waals surface area contributed by atoms with Crippen LogP contribution in [0.15, 0.2) is 40.9 Å². The van der Waals surface area contributed by atoms with Gasteiger partial charge in [-0.2, -0.15) is 0 Å². The number of nitrogens with zero attached hydrogens (tertiary/aromatic N) is 2. The van der Waals surface area contributed by atoms with Crippen LogP contribution in [0.3, 0.4) is 0 Å². The van der Waals surface area contributed by atoms with Crippen molar-refractivity contribution in [3.05, 3.63) is 53.4 Å². The Bertz CT molecular complexity index is 633. The van der Waals surface area contributed by atoms with Crippen LogP contribution < -0.4 is 0 Å². The fourth-order valence-corrected chi connectivity index (χ4v) is 2.88. The maximum absolute atomic E-state index is 12.8. The van der Waals surface area contributed by atoms with Crippen molar-refractivity contribution in [3.8, 4) is 0 Å². The maximum Gasteiger partial charge on any atom is 0.292 e. The van der Waals surface area contributed by atoms with Crippen LogP contribution in [0.25, 0.3) is 0 Å². The second-order valence-electron chi connectivity index (χ2n) is 6.06. The summed E-state index contributed by atoms with van der Waals surface area (Å²) < 4.78 is 10.6. The lowest BCUT2D eigenvalue weighted by molar-refractivity contribution is 0.0427. The molecule has 5 nitrogen and oxygen atoms in total. The Kier molecular flexibility index (Phi) is 5.08. The van der Waals surface area contributed by atoms with E-state index in [2.05, 4.69) is 5.16 Å². The Labute approximate surface area is 136 Å². The second kappa shape index (κ2) is 7.42. The lowest BCUT2D eigenvalue weighted by atomic mass is 9.99. The molecule has 0 unspecified atom stereocenters. The topological polar surface area (TPSA) is 55.6 Å². The van der Waals surface area contributed by atoms with Gasteiger partial charge >= 0.3 is 0 Å². The van der Waals surface area contributed by atoms with Crippen molar-refractivity contribution in [1.29, 1.82) is 0 Å². The van der Waals surface area contributed by atoms with Gasteiger partial charge in [0.1, 0.15) is 0 Å². The van der Waals surface area contributed by atoms with Crippen molar-refractivity contribution in [2.24, 2.45) is 5.92 Å². The van der Waals surface area contributed by atoms with Gasteiger partial charge in [0.25, 0.3) is 5.91 Å². The van der Waals surface area contributed by atoms with E-state index in [0.717, 1.165) is 43.9 Å². The van der Waals surface area contributed by atoms with E-state index in [1.54, 1.807) is 6.07 Å². The molecule has 2 heterocycles. The highest BCUT2D eigenvalue weighted by molar-refractivity contribution is 5.91. The number of aromatic nitrogens is 1. The quantitative estimate of drug-likeness (QED) is 0.851. The van der Waals surface area contributed by atoms with Gasteiger partial charge in [0, 0.05) is 32.4 Å². The summed E-state index contributed by atoms with van der Waals surface area (Å²) in [6.07, 6.45) is 1.99. The number of carbonyl (C=O) groups excluding carboxylic acids is 1. The van der Waals surface area contributed by atoms with Crippen LogP contribution in [0.1, 0.15) is 34.7 Å². The molecule has 5 heteroatoms. The number of hydrogen-bond acceptors (Lipinski definition) is 4. The fraction of sp³-hybridized carbons (Fsp3) is 0.444. The Morgan fingerprint density at radius 1 is 1.26 bits per heavy atom. The predicted octanol–water partition coefficient (Wildman–Crippen LogP) is 3.05. The van der Waals surface area contributed by atoms with E-state index < -0.39 is 0 Å². The van der Waals surface area contributed by atoms with Crippen molar-refractivity contribution in [3.63, 3.8) is 0 Å². The van der Waals surface area contributed by atoms with Gasteiger partial charge in [-0.25, -0.2) is 0 Å². The summed E-state index contributed by atoms with van der Waals surface area (Å²) >= 11 is 0. The predicted molar refractivity (Wildman–Crippen MR) is 86.0 cm³/mol. The molecule has 0 radical (unpaired) electrons. The van der Waals surface area contributed by atoms with E-state index in [-0.39, 0.29) is 5.91 Å². The summed E-state index contributed by atoms with van der Waals surface area (Å²) in [5.41, 5.74) is 1.84. The summed E-state index contributed by atoms with van der Waals surface area (Å²) in [5.74, 6) is 0.687. The van der Waals surface area contributed by atoms with Crippen molar-refractivity contribution >= 4 is 5.91 Å². The molecular formula is C18H22N2O3. The Morgan fingerprint density at radius 2 is 2.00 bits per heavy atom.